The molecule has 2 aromatic heterocycles. The standard InChI is InChI=1S/C21H24N2O2S2/c1-14-5-8-19-20(16(14)3)23(18-9-12-26-21(18)27(19)24)11-4-10-22-13-17-7-6-15(2)25-17/h5-9,12,22H,4,10-11,13H2,1-3H3. The van der Waals surface area contributed by atoms with Crippen molar-refractivity contribution in [2.45, 2.75) is 42.8 Å². The molecule has 0 radical (unpaired) electrons. The average Bonchev–Trinajstić information content (AvgIpc) is 3.29. The zero-order chi connectivity index (χ0) is 19.0. The number of thiophene rings is 1. The molecular weight excluding hydrogens is 376 g/mol. The Hall–Kier alpha value is -1.89. The number of hydrogen-bond acceptors (Lipinski definition) is 5. The van der Waals surface area contributed by atoms with Crippen LogP contribution in [-0.4, -0.2) is 17.3 Å². The minimum atomic E-state index is -1.08. The van der Waals surface area contributed by atoms with Gasteiger partial charge in [0.15, 0.2) is 0 Å². The lowest BCUT2D eigenvalue weighted by Crippen LogP contribution is -2.27. The Morgan fingerprint density at radius 3 is 2.78 bits per heavy atom. The molecule has 142 valence electrons. The fourth-order valence-electron chi connectivity index (χ4n) is 3.50. The average molecular weight is 401 g/mol. The van der Waals surface area contributed by atoms with Crippen LogP contribution in [-0.2, 0) is 17.3 Å². The summed E-state index contributed by atoms with van der Waals surface area (Å²) in [7, 11) is -1.08. The molecule has 0 saturated heterocycles. The van der Waals surface area contributed by atoms with E-state index < -0.39 is 10.8 Å². The van der Waals surface area contributed by atoms with Crippen LogP contribution in [0.25, 0.3) is 0 Å². The van der Waals surface area contributed by atoms with Crippen LogP contribution in [0, 0.1) is 20.8 Å². The third kappa shape index (κ3) is 3.49. The largest absolute Gasteiger partial charge is 0.465 e. The topological polar surface area (TPSA) is 45.5 Å². The quantitative estimate of drug-likeness (QED) is 0.587. The summed E-state index contributed by atoms with van der Waals surface area (Å²) in [6, 6.07) is 10.2. The minimum Gasteiger partial charge on any atom is -0.465 e. The van der Waals surface area contributed by atoms with Crippen LogP contribution in [0.4, 0.5) is 11.4 Å². The number of fused-ring (bicyclic) bond motifs is 2. The molecule has 0 bridgehead atoms. The normalized spacial score (nSPS) is 15.7. The molecule has 1 aliphatic heterocycles. The molecule has 27 heavy (non-hydrogen) atoms. The minimum absolute atomic E-state index is 0.746. The Morgan fingerprint density at radius 2 is 2.00 bits per heavy atom. The van der Waals surface area contributed by atoms with Gasteiger partial charge in [0.25, 0.3) is 0 Å². The van der Waals surface area contributed by atoms with Gasteiger partial charge in [0.05, 0.1) is 33.6 Å². The molecule has 3 heterocycles. The summed E-state index contributed by atoms with van der Waals surface area (Å²) >= 11 is 1.58. The van der Waals surface area contributed by atoms with Crippen molar-refractivity contribution >= 4 is 33.5 Å². The van der Waals surface area contributed by atoms with Gasteiger partial charge < -0.3 is 14.6 Å². The van der Waals surface area contributed by atoms with E-state index in [4.69, 9.17) is 4.42 Å². The number of furan rings is 1. The highest BCUT2D eigenvalue weighted by molar-refractivity contribution is 7.87. The smallest absolute Gasteiger partial charge is 0.120 e. The van der Waals surface area contributed by atoms with E-state index in [1.54, 1.807) is 11.3 Å². The van der Waals surface area contributed by atoms with E-state index in [0.717, 1.165) is 58.1 Å². The van der Waals surface area contributed by atoms with Crippen molar-refractivity contribution in [2.75, 3.05) is 18.0 Å². The van der Waals surface area contributed by atoms with E-state index in [1.807, 2.05) is 30.5 Å². The number of nitrogens with one attached hydrogen (secondary N) is 1. The molecule has 4 nitrogen and oxygen atoms in total. The highest BCUT2D eigenvalue weighted by atomic mass is 32.2. The molecule has 0 fully saturated rings. The molecule has 4 rings (SSSR count). The first-order chi connectivity index (χ1) is 13.1. The molecule has 6 heteroatoms. The van der Waals surface area contributed by atoms with Gasteiger partial charge in [-0.2, -0.15) is 0 Å². The molecule has 3 aromatic rings. The molecule has 0 saturated carbocycles. The summed E-state index contributed by atoms with van der Waals surface area (Å²) < 4.78 is 19.5. The SMILES string of the molecule is Cc1ccc(CNCCCN2c3ccsc3S(=O)c3ccc(C)c(C)c32)o1. The molecule has 0 aliphatic carbocycles. The van der Waals surface area contributed by atoms with Crippen molar-refractivity contribution in [1.29, 1.82) is 0 Å². The Balaban J connectivity index is 1.49. The van der Waals surface area contributed by atoms with Crippen LogP contribution >= 0.6 is 11.3 Å². The lowest BCUT2D eigenvalue weighted by Gasteiger charge is -2.32. The maximum Gasteiger partial charge on any atom is 0.120 e. The van der Waals surface area contributed by atoms with E-state index in [0.29, 0.717) is 0 Å². The maximum atomic E-state index is 13.0. The van der Waals surface area contributed by atoms with Crippen LogP contribution < -0.4 is 10.2 Å². The van der Waals surface area contributed by atoms with Gasteiger partial charge in [0, 0.05) is 6.54 Å². The van der Waals surface area contributed by atoms with Crippen LogP contribution in [0.15, 0.2) is 49.2 Å². The highest BCUT2D eigenvalue weighted by Gasteiger charge is 2.30. The van der Waals surface area contributed by atoms with Gasteiger partial charge in [-0.1, -0.05) is 6.07 Å². The summed E-state index contributed by atoms with van der Waals surface area (Å²) in [5.74, 6) is 1.92. The fraction of sp³-hybridized carbons (Fsp3) is 0.333. The summed E-state index contributed by atoms with van der Waals surface area (Å²) in [5, 5.41) is 5.50. The Kier molecular flexibility index (Phi) is 5.21. The zero-order valence-corrected chi connectivity index (χ0v) is 17.5. The van der Waals surface area contributed by atoms with Crippen molar-refractivity contribution in [3.63, 3.8) is 0 Å². The number of hydrogen-bond donors (Lipinski definition) is 1. The molecule has 1 N–H and O–H groups in total. The molecule has 1 unspecified atom stereocenters. The van der Waals surface area contributed by atoms with Gasteiger partial charge in [-0.25, -0.2) is 4.21 Å². The molecular formula is C21H24N2O2S2. The monoisotopic (exact) mass is 400 g/mol. The third-order valence-electron chi connectivity index (χ3n) is 5.03. The van der Waals surface area contributed by atoms with E-state index >= 15 is 0 Å². The van der Waals surface area contributed by atoms with Gasteiger partial charge in [0.1, 0.15) is 15.7 Å². The molecule has 0 amide bonds. The number of anilines is 2. The zero-order valence-electron chi connectivity index (χ0n) is 15.9. The Labute approximate surface area is 166 Å². The second kappa shape index (κ2) is 7.62. The second-order valence-electron chi connectivity index (χ2n) is 6.91. The Bertz CT molecular complexity index is 990. The van der Waals surface area contributed by atoms with Crippen molar-refractivity contribution in [1.82, 2.24) is 5.32 Å². The summed E-state index contributed by atoms with van der Waals surface area (Å²) in [6.07, 6.45) is 0.994. The van der Waals surface area contributed by atoms with E-state index in [-0.39, 0.29) is 0 Å². The molecule has 1 atom stereocenters. The van der Waals surface area contributed by atoms with E-state index in [9.17, 15) is 4.21 Å². The van der Waals surface area contributed by atoms with Crippen molar-refractivity contribution in [2.24, 2.45) is 0 Å². The van der Waals surface area contributed by atoms with Crippen LogP contribution in [0.3, 0.4) is 0 Å². The fourth-order valence-corrected chi connectivity index (χ4v) is 6.10. The van der Waals surface area contributed by atoms with Crippen molar-refractivity contribution in [3.8, 4) is 0 Å². The first-order valence-corrected chi connectivity index (χ1v) is 11.2. The van der Waals surface area contributed by atoms with Crippen LogP contribution in [0.5, 0.6) is 0 Å². The van der Waals surface area contributed by atoms with Gasteiger partial charge in [-0.3, -0.25) is 0 Å². The van der Waals surface area contributed by atoms with Crippen LogP contribution in [0.2, 0.25) is 0 Å². The van der Waals surface area contributed by atoms with E-state index in [2.05, 4.69) is 36.2 Å². The Morgan fingerprint density at radius 1 is 1.15 bits per heavy atom. The lowest BCUT2D eigenvalue weighted by atomic mass is 10.1. The summed E-state index contributed by atoms with van der Waals surface area (Å²) in [5.41, 5.74) is 4.68. The summed E-state index contributed by atoms with van der Waals surface area (Å²) in [6.45, 7) is 8.75. The molecule has 0 spiro atoms. The number of aryl methyl sites for hydroxylation is 2. The number of rotatable bonds is 6. The maximum absolute atomic E-state index is 13.0. The van der Waals surface area contributed by atoms with Crippen molar-refractivity contribution < 1.29 is 8.63 Å². The lowest BCUT2D eigenvalue weighted by molar-refractivity contribution is 0.461. The highest BCUT2D eigenvalue weighted by Crippen LogP contribution is 2.46. The molecule has 1 aromatic carbocycles. The van der Waals surface area contributed by atoms with Gasteiger partial charge >= 0.3 is 0 Å². The first-order valence-electron chi connectivity index (χ1n) is 9.19. The number of nitrogens with zero attached hydrogens (tertiary/aromatic N) is 1. The predicted molar refractivity (Wildman–Crippen MR) is 112 cm³/mol. The summed E-state index contributed by atoms with van der Waals surface area (Å²) in [4.78, 5) is 3.29. The first kappa shape index (κ1) is 18.5. The molecule has 1 aliphatic rings. The van der Waals surface area contributed by atoms with Gasteiger partial charge in [0.2, 0.25) is 0 Å². The van der Waals surface area contributed by atoms with Gasteiger partial charge in [-0.05, 0) is 74.5 Å². The van der Waals surface area contributed by atoms with Crippen molar-refractivity contribution in [3.05, 3.63) is 58.4 Å². The second-order valence-corrected chi connectivity index (χ2v) is 9.47. The van der Waals surface area contributed by atoms with Gasteiger partial charge in [-0.15, -0.1) is 11.3 Å². The third-order valence-corrected chi connectivity index (χ3v) is 7.75. The van der Waals surface area contributed by atoms with Crippen LogP contribution in [0.1, 0.15) is 29.1 Å². The van der Waals surface area contributed by atoms with E-state index in [1.165, 1.54) is 11.1 Å². The number of benzene rings is 1. The predicted octanol–water partition coefficient (Wildman–Crippen LogP) is 5.06.